The molecule has 0 saturated carbocycles. The van der Waals surface area contributed by atoms with Crippen molar-refractivity contribution in [3.8, 4) is 0 Å². The third kappa shape index (κ3) is 3.92. The van der Waals surface area contributed by atoms with Gasteiger partial charge in [0.2, 0.25) is 5.91 Å². The Bertz CT molecular complexity index is 577. The number of carbonyl (C=O) groups is 1. The van der Waals surface area contributed by atoms with E-state index in [-0.39, 0.29) is 5.91 Å². The van der Waals surface area contributed by atoms with Crippen LogP contribution in [-0.2, 0) is 11.2 Å². The van der Waals surface area contributed by atoms with E-state index < -0.39 is 0 Å². The Morgan fingerprint density at radius 3 is 3.00 bits per heavy atom. The Balaban J connectivity index is 1.95. The number of nitrogen functional groups attached to an aromatic ring is 1. The third-order valence-corrected chi connectivity index (χ3v) is 3.73. The van der Waals surface area contributed by atoms with Crippen LogP contribution in [-0.4, -0.2) is 17.4 Å². The number of nitrogens with one attached hydrogen (secondary N) is 1. The lowest BCUT2D eigenvalue weighted by atomic mass is 10.1. The van der Waals surface area contributed by atoms with Gasteiger partial charge in [0.1, 0.15) is 0 Å². The lowest BCUT2D eigenvalue weighted by Gasteiger charge is -2.07. The van der Waals surface area contributed by atoms with Gasteiger partial charge in [-0.05, 0) is 30.0 Å². The van der Waals surface area contributed by atoms with Crippen molar-refractivity contribution in [3.63, 3.8) is 0 Å². The molecule has 0 aliphatic heterocycles. The van der Waals surface area contributed by atoms with Gasteiger partial charge >= 0.3 is 0 Å². The Morgan fingerprint density at radius 2 is 2.26 bits per heavy atom. The van der Waals surface area contributed by atoms with Crippen molar-refractivity contribution in [2.75, 3.05) is 12.3 Å². The first-order valence-electron chi connectivity index (χ1n) is 6.46. The Hall–Kier alpha value is -1.62. The molecule has 0 fully saturated rings. The van der Waals surface area contributed by atoms with Crippen LogP contribution in [0.3, 0.4) is 0 Å². The summed E-state index contributed by atoms with van der Waals surface area (Å²) in [6, 6.07) is 5.84. The molecular formula is C14H19N3OS. The molecule has 102 valence electrons. The highest BCUT2D eigenvalue weighted by Gasteiger charge is 2.06. The predicted octanol–water partition coefficient (Wildman–Crippen LogP) is 2.58. The topological polar surface area (TPSA) is 68.0 Å². The maximum Gasteiger partial charge on any atom is 0.224 e. The van der Waals surface area contributed by atoms with E-state index in [4.69, 9.17) is 5.73 Å². The fraction of sp³-hybridized carbons (Fsp3) is 0.429. The number of benzene rings is 1. The first-order chi connectivity index (χ1) is 9.04. The number of thiazole rings is 1. The van der Waals surface area contributed by atoms with Gasteiger partial charge in [0.25, 0.3) is 0 Å². The van der Waals surface area contributed by atoms with Crippen molar-refractivity contribution >= 4 is 32.6 Å². The summed E-state index contributed by atoms with van der Waals surface area (Å²) in [7, 11) is 0. The van der Waals surface area contributed by atoms with Crippen LogP contribution in [0.2, 0.25) is 0 Å². The van der Waals surface area contributed by atoms with Crippen molar-refractivity contribution < 1.29 is 4.79 Å². The molecule has 2 aromatic rings. The zero-order chi connectivity index (χ0) is 13.8. The molecule has 4 nitrogen and oxygen atoms in total. The van der Waals surface area contributed by atoms with Crippen molar-refractivity contribution in [2.45, 2.75) is 26.7 Å². The maximum absolute atomic E-state index is 11.8. The van der Waals surface area contributed by atoms with Gasteiger partial charge in [-0.25, -0.2) is 4.98 Å². The first kappa shape index (κ1) is 13.8. The van der Waals surface area contributed by atoms with E-state index in [9.17, 15) is 4.79 Å². The van der Waals surface area contributed by atoms with Crippen LogP contribution in [0.1, 0.15) is 25.8 Å². The summed E-state index contributed by atoms with van der Waals surface area (Å²) >= 11 is 1.45. The molecule has 0 spiro atoms. The van der Waals surface area contributed by atoms with E-state index in [1.54, 1.807) is 0 Å². The number of nitrogens with two attached hydrogens (primary N) is 1. The maximum atomic E-state index is 11.8. The fourth-order valence-corrected chi connectivity index (χ4v) is 2.64. The molecule has 3 N–H and O–H groups in total. The fourth-order valence-electron chi connectivity index (χ4n) is 1.84. The van der Waals surface area contributed by atoms with E-state index in [0.717, 1.165) is 28.7 Å². The van der Waals surface area contributed by atoms with Crippen LogP contribution >= 0.6 is 11.3 Å². The molecule has 0 unspecified atom stereocenters. The molecule has 5 heteroatoms. The van der Waals surface area contributed by atoms with Crippen LogP contribution in [0.15, 0.2) is 18.2 Å². The Labute approximate surface area is 117 Å². The molecule has 0 saturated heterocycles. The zero-order valence-electron chi connectivity index (χ0n) is 11.3. The van der Waals surface area contributed by atoms with Gasteiger partial charge in [-0.1, -0.05) is 31.3 Å². The average Bonchev–Trinajstić information content (AvgIpc) is 2.67. The van der Waals surface area contributed by atoms with E-state index in [1.165, 1.54) is 11.3 Å². The van der Waals surface area contributed by atoms with Gasteiger partial charge < -0.3 is 11.1 Å². The molecule has 2 rings (SSSR count). The summed E-state index contributed by atoms with van der Waals surface area (Å²) in [6.07, 6.45) is 1.42. The number of aromatic nitrogens is 1. The summed E-state index contributed by atoms with van der Waals surface area (Å²) in [6.45, 7) is 5.04. The summed E-state index contributed by atoms with van der Waals surface area (Å²) in [5.41, 5.74) is 7.56. The van der Waals surface area contributed by atoms with Gasteiger partial charge in [-0.3, -0.25) is 4.79 Å². The second-order valence-corrected chi connectivity index (χ2v) is 6.13. The molecule has 0 bridgehead atoms. The smallest absolute Gasteiger partial charge is 0.224 e. The monoisotopic (exact) mass is 277 g/mol. The predicted molar refractivity (Wildman–Crippen MR) is 80.2 cm³/mol. The first-order valence-corrected chi connectivity index (χ1v) is 7.28. The van der Waals surface area contributed by atoms with E-state index in [1.807, 2.05) is 18.2 Å². The minimum absolute atomic E-state index is 0.0671. The molecule has 0 atom stereocenters. The number of hydrogen-bond acceptors (Lipinski definition) is 4. The SMILES string of the molecule is CC(C)CCNC(=O)Cc1ccc2nc(N)sc2c1. The lowest BCUT2D eigenvalue weighted by Crippen LogP contribution is -2.26. The quantitative estimate of drug-likeness (QED) is 0.882. The van der Waals surface area contributed by atoms with E-state index >= 15 is 0 Å². The second-order valence-electron chi connectivity index (χ2n) is 5.06. The molecule has 0 aliphatic carbocycles. The van der Waals surface area contributed by atoms with Crippen LogP contribution in [0.25, 0.3) is 10.2 Å². The largest absolute Gasteiger partial charge is 0.375 e. The van der Waals surface area contributed by atoms with Gasteiger partial charge in [-0.15, -0.1) is 0 Å². The van der Waals surface area contributed by atoms with Crippen molar-refractivity contribution in [1.82, 2.24) is 10.3 Å². The molecular weight excluding hydrogens is 258 g/mol. The van der Waals surface area contributed by atoms with Gasteiger partial charge in [0.15, 0.2) is 5.13 Å². The second kappa shape index (κ2) is 6.02. The van der Waals surface area contributed by atoms with Gasteiger partial charge in [-0.2, -0.15) is 0 Å². The highest BCUT2D eigenvalue weighted by molar-refractivity contribution is 7.22. The third-order valence-electron chi connectivity index (χ3n) is 2.88. The number of carbonyl (C=O) groups excluding carboxylic acids is 1. The Morgan fingerprint density at radius 1 is 1.47 bits per heavy atom. The summed E-state index contributed by atoms with van der Waals surface area (Å²) in [5.74, 6) is 0.675. The summed E-state index contributed by atoms with van der Waals surface area (Å²) < 4.78 is 1.03. The molecule has 0 aliphatic rings. The minimum Gasteiger partial charge on any atom is -0.375 e. The molecule has 1 amide bonds. The highest BCUT2D eigenvalue weighted by Crippen LogP contribution is 2.24. The van der Waals surface area contributed by atoms with Crippen molar-refractivity contribution in [3.05, 3.63) is 23.8 Å². The number of amides is 1. The van der Waals surface area contributed by atoms with Crippen molar-refractivity contribution in [1.29, 1.82) is 0 Å². The number of nitrogens with zero attached hydrogens (tertiary/aromatic N) is 1. The normalized spacial score (nSPS) is 11.1. The molecule has 1 aromatic carbocycles. The van der Waals surface area contributed by atoms with Crippen LogP contribution in [0.5, 0.6) is 0 Å². The standard InChI is InChI=1S/C14H19N3OS/c1-9(2)5-6-16-13(18)8-10-3-4-11-12(7-10)19-14(15)17-11/h3-4,7,9H,5-6,8H2,1-2H3,(H2,15,17)(H,16,18). The van der Waals surface area contributed by atoms with E-state index in [0.29, 0.717) is 17.5 Å². The zero-order valence-corrected chi connectivity index (χ0v) is 12.1. The van der Waals surface area contributed by atoms with Crippen LogP contribution < -0.4 is 11.1 Å². The minimum atomic E-state index is 0.0671. The summed E-state index contributed by atoms with van der Waals surface area (Å²) in [4.78, 5) is 16.0. The molecule has 1 heterocycles. The van der Waals surface area contributed by atoms with Gasteiger partial charge in [0.05, 0.1) is 16.6 Å². The molecule has 19 heavy (non-hydrogen) atoms. The lowest BCUT2D eigenvalue weighted by molar-refractivity contribution is -0.120. The number of rotatable bonds is 5. The summed E-state index contributed by atoms with van der Waals surface area (Å²) in [5, 5.41) is 3.50. The highest BCUT2D eigenvalue weighted by atomic mass is 32.1. The molecule has 1 aromatic heterocycles. The average molecular weight is 277 g/mol. The Kier molecular flexibility index (Phi) is 4.37. The number of hydrogen-bond donors (Lipinski definition) is 2. The number of fused-ring (bicyclic) bond motifs is 1. The number of anilines is 1. The van der Waals surface area contributed by atoms with Crippen molar-refractivity contribution in [2.24, 2.45) is 5.92 Å². The van der Waals surface area contributed by atoms with E-state index in [2.05, 4.69) is 24.1 Å². The van der Waals surface area contributed by atoms with Crippen LogP contribution in [0.4, 0.5) is 5.13 Å². The molecule has 0 radical (unpaired) electrons. The van der Waals surface area contributed by atoms with Gasteiger partial charge in [0, 0.05) is 6.54 Å². The van der Waals surface area contributed by atoms with Crippen LogP contribution in [0, 0.1) is 5.92 Å².